The molecule has 1 aromatic carbocycles. The summed E-state index contributed by atoms with van der Waals surface area (Å²) in [5, 5.41) is 12.1. The Hall–Kier alpha value is -2.91. The molecule has 0 unspecified atom stereocenters. The molecule has 7 nitrogen and oxygen atoms in total. The Morgan fingerprint density at radius 1 is 1.24 bits per heavy atom. The molecule has 2 rings (SSSR count). The van der Waals surface area contributed by atoms with E-state index in [0.717, 1.165) is 4.90 Å². The molecular formula is C15H14F3N3O4. The number of halogens is 3. The third-order valence-corrected chi connectivity index (χ3v) is 3.25. The van der Waals surface area contributed by atoms with Crippen molar-refractivity contribution in [1.82, 2.24) is 15.0 Å². The average molecular weight is 357 g/mol. The Bertz CT molecular complexity index is 769. The lowest BCUT2D eigenvalue weighted by Crippen LogP contribution is -2.40. The van der Waals surface area contributed by atoms with Gasteiger partial charge in [-0.2, -0.15) is 18.2 Å². The van der Waals surface area contributed by atoms with Gasteiger partial charge in [-0.15, -0.1) is 0 Å². The molecule has 0 radical (unpaired) electrons. The molecule has 1 heterocycles. The van der Waals surface area contributed by atoms with E-state index >= 15 is 0 Å². The molecule has 0 aliphatic rings. The quantitative estimate of drug-likeness (QED) is 0.884. The topological polar surface area (TPSA) is 96.5 Å². The van der Waals surface area contributed by atoms with Crippen molar-refractivity contribution >= 4 is 11.9 Å². The fourth-order valence-electron chi connectivity index (χ4n) is 2.02. The highest BCUT2D eigenvalue weighted by molar-refractivity contribution is 5.96. The number of alkyl halides is 3. The molecule has 0 fully saturated rings. The van der Waals surface area contributed by atoms with E-state index in [1.165, 1.54) is 24.3 Å². The van der Waals surface area contributed by atoms with Crippen LogP contribution in [0.4, 0.5) is 13.2 Å². The van der Waals surface area contributed by atoms with Gasteiger partial charge in [-0.25, -0.2) is 0 Å². The van der Waals surface area contributed by atoms with Gasteiger partial charge in [0.15, 0.2) is 0 Å². The highest BCUT2D eigenvalue weighted by Gasteiger charge is 2.38. The van der Waals surface area contributed by atoms with Crippen molar-refractivity contribution < 1.29 is 32.4 Å². The maximum Gasteiger partial charge on any atom is 0.471 e. The summed E-state index contributed by atoms with van der Waals surface area (Å²) in [6.45, 7) is 2.89. The minimum atomic E-state index is -4.74. The molecule has 25 heavy (non-hydrogen) atoms. The van der Waals surface area contributed by atoms with Crippen LogP contribution >= 0.6 is 0 Å². The second-order valence-corrected chi connectivity index (χ2v) is 5.42. The van der Waals surface area contributed by atoms with Crippen LogP contribution in [0.1, 0.15) is 30.1 Å². The molecule has 0 saturated heterocycles. The van der Waals surface area contributed by atoms with E-state index in [-0.39, 0.29) is 23.0 Å². The summed E-state index contributed by atoms with van der Waals surface area (Å²) in [6, 6.07) is 5.10. The molecular weight excluding hydrogens is 343 g/mol. The number of rotatable bonds is 5. The highest BCUT2D eigenvalue weighted by Crippen LogP contribution is 2.29. The van der Waals surface area contributed by atoms with E-state index in [2.05, 4.69) is 14.7 Å². The third-order valence-electron chi connectivity index (χ3n) is 3.25. The summed E-state index contributed by atoms with van der Waals surface area (Å²) in [5.74, 6) is -3.38. The highest BCUT2D eigenvalue weighted by atomic mass is 19.4. The first kappa shape index (κ1) is 18.4. The summed E-state index contributed by atoms with van der Waals surface area (Å²) in [7, 11) is 0. The zero-order chi connectivity index (χ0) is 18.8. The van der Waals surface area contributed by atoms with Gasteiger partial charge < -0.3 is 14.5 Å². The molecule has 0 saturated carbocycles. The van der Waals surface area contributed by atoms with E-state index in [4.69, 9.17) is 5.11 Å². The second-order valence-electron chi connectivity index (χ2n) is 5.42. The standard InChI is InChI=1S/C15H14F3N3O4/c1-8(2)21(7-11(22)23)13(24)10-5-3-9(4-6-10)12-19-14(25-20-12)15(16,17)18/h3-6,8H,7H2,1-2H3,(H,22,23). The van der Waals surface area contributed by atoms with Crippen LogP contribution in [0.5, 0.6) is 0 Å². The number of carbonyl (C=O) groups is 2. The number of hydrogen-bond donors (Lipinski definition) is 1. The van der Waals surface area contributed by atoms with Crippen molar-refractivity contribution in [3.8, 4) is 11.4 Å². The molecule has 0 bridgehead atoms. The average Bonchev–Trinajstić information content (AvgIpc) is 3.02. The predicted octanol–water partition coefficient (Wildman–Crippen LogP) is 2.69. The van der Waals surface area contributed by atoms with Gasteiger partial charge in [0.05, 0.1) is 0 Å². The molecule has 1 aromatic heterocycles. The number of aromatic nitrogens is 2. The van der Waals surface area contributed by atoms with Crippen LogP contribution in [0.2, 0.25) is 0 Å². The number of benzene rings is 1. The summed E-state index contributed by atoms with van der Waals surface area (Å²) in [4.78, 5) is 27.6. The summed E-state index contributed by atoms with van der Waals surface area (Å²) >= 11 is 0. The van der Waals surface area contributed by atoms with Gasteiger partial charge in [-0.3, -0.25) is 9.59 Å². The van der Waals surface area contributed by atoms with Crippen molar-refractivity contribution in [2.45, 2.75) is 26.1 Å². The van der Waals surface area contributed by atoms with Crippen LogP contribution in [0.15, 0.2) is 28.8 Å². The van der Waals surface area contributed by atoms with Gasteiger partial charge in [-0.1, -0.05) is 17.3 Å². The van der Waals surface area contributed by atoms with Crippen LogP contribution < -0.4 is 0 Å². The molecule has 0 aliphatic carbocycles. The predicted molar refractivity (Wildman–Crippen MR) is 78.5 cm³/mol. The van der Waals surface area contributed by atoms with Crippen molar-refractivity contribution in [3.05, 3.63) is 35.7 Å². The molecule has 0 aliphatic heterocycles. The largest absolute Gasteiger partial charge is 0.480 e. The van der Waals surface area contributed by atoms with Crippen molar-refractivity contribution in [3.63, 3.8) is 0 Å². The van der Waals surface area contributed by atoms with E-state index in [0.29, 0.717) is 0 Å². The zero-order valence-electron chi connectivity index (χ0n) is 13.2. The van der Waals surface area contributed by atoms with Crippen molar-refractivity contribution in [1.29, 1.82) is 0 Å². The van der Waals surface area contributed by atoms with Crippen LogP contribution in [-0.2, 0) is 11.0 Å². The molecule has 10 heteroatoms. The Balaban J connectivity index is 2.23. The number of amides is 1. The Morgan fingerprint density at radius 3 is 2.28 bits per heavy atom. The molecule has 2 aromatic rings. The zero-order valence-corrected chi connectivity index (χ0v) is 13.2. The van der Waals surface area contributed by atoms with Crippen LogP contribution in [0.3, 0.4) is 0 Å². The molecule has 0 atom stereocenters. The number of aliphatic carboxylic acids is 1. The molecule has 1 N–H and O–H groups in total. The van der Waals surface area contributed by atoms with Crippen LogP contribution in [-0.4, -0.2) is 44.6 Å². The maximum atomic E-state index is 12.5. The lowest BCUT2D eigenvalue weighted by molar-refractivity contribution is -0.159. The Labute approximate surface area is 140 Å². The van der Waals surface area contributed by atoms with Crippen molar-refractivity contribution in [2.24, 2.45) is 0 Å². The van der Waals surface area contributed by atoms with E-state index < -0.39 is 30.5 Å². The Morgan fingerprint density at radius 2 is 1.84 bits per heavy atom. The van der Waals surface area contributed by atoms with E-state index in [9.17, 15) is 22.8 Å². The monoisotopic (exact) mass is 357 g/mol. The number of carbonyl (C=O) groups excluding carboxylic acids is 1. The van der Waals surface area contributed by atoms with E-state index in [1.54, 1.807) is 13.8 Å². The van der Waals surface area contributed by atoms with Crippen LogP contribution in [0.25, 0.3) is 11.4 Å². The molecule has 134 valence electrons. The normalized spacial score (nSPS) is 11.6. The first-order valence-corrected chi connectivity index (χ1v) is 7.13. The van der Waals surface area contributed by atoms with Gasteiger partial charge in [-0.05, 0) is 26.0 Å². The summed E-state index contributed by atoms with van der Waals surface area (Å²) < 4.78 is 41.5. The van der Waals surface area contributed by atoms with Gasteiger partial charge in [0, 0.05) is 17.2 Å². The number of nitrogens with zero attached hydrogens (tertiary/aromatic N) is 3. The minimum absolute atomic E-state index is 0.193. The summed E-state index contributed by atoms with van der Waals surface area (Å²) in [5.41, 5.74) is 0.420. The van der Waals surface area contributed by atoms with Gasteiger partial charge >= 0.3 is 18.0 Å². The smallest absolute Gasteiger partial charge is 0.471 e. The maximum absolute atomic E-state index is 12.5. The minimum Gasteiger partial charge on any atom is -0.480 e. The molecule has 1 amide bonds. The summed E-state index contributed by atoms with van der Waals surface area (Å²) in [6.07, 6.45) is -4.74. The fraction of sp³-hybridized carbons (Fsp3) is 0.333. The lowest BCUT2D eigenvalue weighted by Gasteiger charge is -2.24. The SMILES string of the molecule is CC(C)N(CC(=O)O)C(=O)c1ccc(-c2noc(C(F)(F)F)n2)cc1. The van der Waals surface area contributed by atoms with Crippen molar-refractivity contribution in [2.75, 3.05) is 6.54 Å². The van der Waals surface area contributed by atoms with Gasteiger partial charge in [0.1, 0.15) is 6.54 Å². The van der Waals surface area contributed by atoms with Gasteiger partial charge in [0.2, 0.25) is 5.82 Å². The third kappa shape index (κ3) is 4.34. The van der Waals surface area contributed by atoms with Gasteiger partial charge in [0.25, 0.3) is 5.91 Å². The van der Waals surface area contributed by atoms with Crippen LogP contribution in [0, 0.1) is 0 Å². The van der Waals surface area contributed by atoms with E-state index in [1.807, 2.05) is 0 Å². The first-order chi connectivity index (χ1) is 11.6. The fourth-order valence-corrected chi connectivity index (χ4v) is 2.02. The second kappa shape index (κ2) is 6.91. The number of carboxylic acid groups (broad SMARTS) is 1. The lowest BCUT2D eigenvalue weighted by atomic mass is 10.1. The molecule has 0 spiro atoms. The first-order valence-electron chi connectivity index (χ1n) is 7.13. The Kier molecular flexibility index (Phi) is 5.10. The number of hydrogen-bond acceptors (Lipinski definition) is 5. The number of carboxylic acids is 1.